The van der Waals surface area contributed by atoms with Gasteiger partial charge >= 0.3 is 0 Å². The molecule has 92 valence electrons. The number of nitrogens with zero attached hydrogens (tertiary/aromatic N) is 1. The van der Waals surface area contributed by atoms with Crippen LogP contribution in [0.5, 0.6) is 0 Å². The molecular formula is C15H22N2. The minimum Gasteiger partial charge on any atom is -0.234 e. The smallest absolute Gasteiger partial charge is 0.0898 e. The zero-order valence-corrected chi connectivity index (χ0v) is 10.6. The Morgan fingerprint density at radius 1 is 1.12 bits per heavy atom. The molecule has 3 unspecified atom stereocenters. The molecule has 0 aromatic heterocycles. The maximum Gasteiger partial charge on any atom is 0.0898 e. The van der Waals surface area contributed by atoms with Crippen molar-refractivity contribution in [3.63, 3.8) is 0 Å². The van der Waals surface area contributed by atoms with Gasteiger partial charge in [-0.05, 0) is 31.2 Å². The molecule has 17 heavy (non-hydrogen) atoms. The molecule has 2 fully saturated rings. The number of benzene rings is 1. The van der Waals surface area contributed by atoms with E-state index in [0.29, 0.717) is 12.2 Å². The monoisotopic (exact) mass is 230 g/mol. The van der Waals surface area contributed by atoms with E-state index in [4.69, 9.17) is 0 Å². The highest BCUT2D eigenvalue weighted by Gasteiger charge is 2.43. The number of rotatable bonds is 3. The second-order valence-corrected chi connectivity index (χ2v) is 5.47. The lowest BCUT2D eigenvalue weighted by Gasteiger charge is -2.21. The molecule has 2 aliphatic rings. The van der Waals surface area contributed by atoms with Crippen LogP contribution in [-0.4, -0.2) is 11.2 Å². The first-order valence-electron chi connectivity index (χ1n) is 6.96. The van der Waals surface area contributed by atoms with Gasteiger partial charge < -0.3 is 0 Å². The van der Waals surface area contributed by atoms with E-state index in [1.165, 1.54) is 37.7 Å². The summed E-state index contributed by atoms with van der Waals surface area (Å²) in [4.78, 5) is 0. The number of hydrazine groups is 1. The largest absolute Gasteiger partial charge is 0.234 e. The average molecular weight is 230 g/mol. The first kappa shape index (κ1) is 11.2. The molecule has 1 saturated heterocycles. The molecule has 0 radical (unpaired) electrons. The lowest BCUT2D eigenvalue weighted by atomic mass is 9.88. The first-order valence-corrected chi connectivity index (χ1v) is 6.96. The van der Waals surface area contributed by atoms with Crippen LogP contribution in [0.25, 0.3) is 0 Å². The van der Waals surface area contributed by atoms with Crippen molar-refractivity contribution in [1.82, 2.24) is 10.4 Å². The Labute approximate surface area is 104 Å². The van der Waals surface area contributed by atoms with E-state index in [1.54, 1.807) is 0 Å². The third-order valence-electron chi connectivity index (χ3n) is 4.31. The Hall–Kier alpha value is -0.860. The van der Waals surface area contributed by atoms with Gasteiger partial charge in [0.1, 0.15) is 0 Å². The van der Waals surface area contributed by atoms with Gasteiger partial charge in [-0.25, -0.2) is 10.4 Å². The summed E-state index contributed by atoms with van der Waals surface area (Å²) in [5.74, 6) is 0.884. The Kier molecular flexibility index (Phi) is 3.17. The Morgan fingerprint density at radius 2 is 1.82 bits per heavy atom. The van der Waals surface area contributed by atoms with E-state index in [9.17, 15) is 0 Å². The summed E-state index contributed by atoms with van der Waals surface area (Å²) < 4.78 is 0. The number of nitrogens with one attached hydrogen (secondary N) is 1. The summed E-state index contributed by atoms with van der Waals surface area (Å²) in [6.07, 6.45) is 7.76. The van der Waals surface area contributed by atoms with Crippen LogP contribution < -0.4 is 5.43 Å². The highest BCUT2D eigenvalue weighted by atomic mass is 15.8. The zero-order valence-electron chi connectivity index (χ0n) is 10.6. The van der Waals surface area contributed by atoms with Crippen molar-refractivity contribution in [1.29, 1.82) is 0 Å². The first-order chi connectivity index (χ1) is 8.36. The maximum absolute atomic E-state index is 3.57. The van der Waals surface area contributed by atoms with E-state index >= 15 is 0 Å². The fourth-order valence-corrected chi connectivity index (χ4v) is 3.15. The molecule has 0 bridgehead atoms. The summed E-state index contributed by atoms with van der Waals surface area (Å²) in [5.41, 5.74) is 4.99. The standard InChI is InChI=1S/C15H22N2/c1-12(13-8-4-2-5-9-13)17-15(16-17)14-10-6-3-7-11-14/h2,4-5,8-9,12,14-16H,3,6-7,10-11H2,1H3. The van der Waals surface area contributed by atoms with E-state index in [0.717, 1.165) is 5.92 Å². The van der Waals surface area contributed by atoms with Gasteiger partial charge in [-0.3, -0.25) is 0 Å². The fourth-order valence-electron chi connectivity index (χ4n) is 3.15. The molecule has 3 atom stereocenters. The van der Waals surface area contributed by atoms with Crippen molar-refractivity contribution >= 4 is 0 Å². The van der Waals surface area contributed by atoms with Crippen molar-refractivity contribution < 1.29 is 0 Å². The van der Waals surface area contributed by atoms with Crippen LogP contribution >= 0.6 is 0 Å². The Balaban J connectivity index is 1.60. The van der Waals surface area contributed by atoms with Crippen LogP contribution in [0.2, 0.25) is 0 Å². The third-order valence-corrected chi connectivity index (χ3v) is 4.31. The topological polar surface area (TPSA) is 25.0 Å². The van der Waals surface area contributed by atoms with Crippen LogP contribution in [0.15, 0.2) is 30.3 Å². The molecule has 1 aromatic carbocycles. The molecule has 1 N–H and O–H groups in total. The molecule has 0 spiro atoms. The Morgan fingerprint density at radius 3 is 2.53 bits per heavy atom. The molecular weight excluding hydrogens is 208 g/mol. The van der Waals surface area contributed by atoms with Gasteiger partial charge in [-0.2, -0.15) is 0 Å². The van der Waals surface area contributed by atoms with E-state index in [-0.39, 0.29) is 0 Å². The molecule has 2 nitrogen and oxygen atoms in total. The van der Waals surface area contributed by atoms with Crippen molar-refractivity contribution in [2.45, 2.75) is 51.2 Å². The minimum absolute atomic E-state index is 0.503. The summed E-state index contributed by atoms with van der Waals surface area (Å²) in [6.45, 7) is 2.30. The lowest BCUT2D eigenvalue weighted by molar-refractivity contribution is 0.286. The maximum atomic E-state index is 3.57. The van der Waals surface area contributed by atoms with E-state index in [2.05, 4.69) is 47.7 Å². The molecule has 1 aliphatic carbocycles. The highest BCUT2D eigenvalue weighted by molar-refractivity contribution is 5.19. The highest BCUT2D eigenvalue weighted by Crippen LogP contribution is 2.37. The van der Waals surface area contributed by atoms with Crippen molar-refractivity contribution in [2.24, 2.45) is 5.92 Å². The van der Waals surface area contributed by atoms with Gasteiger partial charge in [0.2, 0.25) is 0 Å². The van der Waals surface area contributed by atoms with Crippen LogP contribution in [0.4, 0.5) is 0 Å². The quantitative estimate of drug-likeness (QED) is 0.804. The second-order valence-electron chi connectivity index (χ2n) is 5.47. The van der Waals surface area contributed by atoms with Gasteiger partial charge in [-0.1, -0.05) is 49.6 Å². The summed E-state index contributed by atoms with van der Waals surface area (Å²) in [5, 5.41) is 2.44. The lowest BCUT2D eigenvalue weighted by Crippen LogP contribution is -2.18. The van der Waals surface area contributed by atoms with Crippen LogP contribution in [0, 0.1) is 5.92 Å². The Bertz CT molecular complexity index is 356. The second kappa shape index (κ2) is 4.79. The molecule has 1 saturated carbocycles. The third kappa shape index (κ3) is 2.38. The molecule has 1 heterocycles. The van der Waals surface area contributed by atoms with Crippen LogP contribution in [0.1, 0.15) is 50.6 Å². The van der Waals surface area contributed by atoms with Gasteiger partial charge in [0.25, 0.3) is 0 Å². The fraction of sp³-hybridized carbons (Fsp3) is 0.600. The molecule has 0 amide bonds. The van der Waals surface area contributed by atoms with Gasteiger partial charge in [0.05, 0.1) is 6.17 Å². The van der Waals surface area contributed by atoms with E-state index < -0.39 is 0 Å². The molecule has 3 rings (SSSR count). The van der Waals surface area contributed by atoms with E-state index in [1.807, 2.05) is 0 Å². The summed E-state index contributed by atoms with van der Waals surface area (Å²) >= 11 is 0. The van der Waals surface area contributed by atoms with Crippen LogP contribution in [-0.2, 0) is 0 Å². The molecule has 2 heteroatoms. The zero-order chi connectivity index (χ0) is 11.7. The predicted octanol–water partition coefficient (Wildman–Crippen LogP) is 3.47. The summed E-state index contributed by atoms with van der Waals surface area (Å²) in [7, 11) is 0. The van der Waals surface area contributed by atoms with Crippen molar-refractivity contribution in [3.05, 3.63) is 35.9 Å². The van der Waals surface area contributed by atoms with Crippen molar-refractivity contribution in [3.8, 4) is 0 Å². The average Bonchev–Trinajstić information content (AvgIpc) is 3.20. The molecule has 1 aliphatic heterocycles. The SMILES string of the molecule is CC(c1ccccc1)N1NC1C1CCCCC1. The number of hydrogen-bond acceptors (Lipinski definition) is 2. The normalized spacial score (nSPS) is 31.1. The summed E-state index contributed by atoms with van der Waals surface area (Å²) in [6, 6.07) is 11.3. The van der Waals surface area contributed by atoms with Gasteiger partial charge in [0.15, 0.2) is 0 Å². The van der Waals surface area contributed by atoms with Crippen LogP contribution in [0.3, 0.4) is 0 Å². The molecule has 1 aromatic rings. The van der Waals surface area contributed by atoms with Gasteiger partial charge in [-0.15, -0.1) is 0 Å². The van der Waals surface area contributed by atoms with Crippen molar-refractivity contribution in [2.75, 3.05) is 0 Å². The van der Waals surface area contributed by atoms with Gasteiger partial charge in [0, 0.05) is 6.04 Å². The minimum atomic E-state index is 0.503. The number of hydrogen-bond donors (Lipinski definition) is 1. The predicted molar refractivity (Wildman–Crippen MR) is 70.2 cm³/mol.